The highest BCUT2D eigenvalue weighted by atomic mass is 16.5. The molecule has 0 radical (unpaired) electrons. The van der Waals surface area contributed by atoms with Gasteiger partial charge < -0.3 is 25.0 Å². The van der Waals surface area contributed by atoms with Crippen molar-refractivity contribution in [2.24, 2.45) is 0 Å². The third-order valence-electron chi connectivity index (χ3n) is 5.98. The fourth-order valence-corrected chi connectivity index (χ4v) is 4.11. The molecule has 3 N–H and O–H groups in total. The molecular weight excluding hydrogens is 410 g/mol. The molecule has 4 rings (SSSR count). The number of ether oxygens (including phenoxy) is 2. The summed E-state index contributed by atoms with van der Waals surface area (Å²) >= 11 is 0. The predicted octanol–water partition coefficient (Wildman–Crippen LogP) is 1.68. The summed E-state index contributed by atoms with van der Waals surface area (Å²) in [6.07, 6.45) is 7.24. The number of aromatic amines is 1. The molecular formula is C22H33N7O3. The number of hydrogen-bond donors (Lipinski definition) is 2. The highest BCUT2D eigenvalue weighted by Gasteiger charge is 2.23. The molecule has 0 saturated carbocycles. The van der Waals surface area contributed by atoms with Gasteiger partial charge in [-0.05, 0) is 25.8 Å². The Balaban J connectivity index is 1.51. The summed E-state index contributed by atoms with van der Waals surface area (Å²) in [6, 6.07) is 1.72. The molecule has 174 valence electrons. The molecule has 32 heavy (non-hydrogen) atoms. The minimum atomic E-state index is -0.338. The Morgan fingerprint density at radius 3 is 2.69 bits per heavy atom. The number of nitrogens with zero attached hydrogens (tertiary/aromatic N) is 5. The van der Waals surface area contributed by atoms with Crippen LogP contribution in [-0.4, -0.2) is 76.9 Å². The van der Waals surface area contributed by atoms with Gasteiger partial charge in [-0.3, -0.25) is 9.78 Å². The molecule has 0 atom stereocenters. The molecule has 0 spiro atoms. The Labute approximate surface area is 188 Å². The lowest BCUT2D eigenvalue weighted by atomic mass is 10.1. The van der Waals surface area contributed by atoms with Crippen molar-refractivity contribution in [1.82, 2.24) is 24.8 Å². The molecule has 0 amide bonds. The van der Waals surface area contributed by atoms with E-state index in [0.29, 0.717) is 49.4 Å². The number of unbranched alkanes of at least 4 members (excludes halogenated alkanes) is 2. The lowest BCUT2D eigenvalue weighted by Gasteiger charge is -2.32. The van der Waals surface area contributed by atoms with Crippen LogP contribution in [0.25, 0.3) is 11.3 Å². The van der Waals surface area contributed by atoms with Crippen molar-refractivity contribution in [2.45, 2.75) is 45.1 Å². The van der Waals surface area contributed by atoms with E-state index in [9.17, 15) is 4.79 Å². The Morgan fingerprint density at radius 2 is 1.97 bits per heavy atom. The number of morpholine rings is 1. The van der Waals surface area contributed by atoms with Crippen LogP contribution in [0.3, 0.4) is 0 Å². The molecule has 10 nitrogen and oxygen atoms in total. The quantitative estimate of drug-likeness (QED) is 0.587. The lowest BCUT2D eigenvalue weighted by Crippen LogP contribution is -2.39. The summed E-state index contributed by atoms with van der Waals surface area (Å²) in [6.45, 7) is 8.07. The van der Waals surface area contributed by atoms with Crippen molar-refractivity contribution in [3.8, 4) is 17.1 Å². The van der Waals surface area contributed by atoms with Gasteiger partial charge in [0.1, 0.15) is 6.10 Å². The molecule has 10 heteroatoms. The van der Waals surface area contributed by atoms with Gasteiger partial charge in [-0.2, -0.15) is 4.98 Å². The van der Waals surface area contributed by atoms with Gasteiger partial charge in [0.05, 0.1) is 24.5 Å². The number of nitrogens with one attached hydrogen (secondary N) is 1. The van der Waals surface area contributed by atoms with Crippen LogP contribution >= 0.6 is 0 Å². The van der Waals surface area contributed by atoms with Crippen molar-refractivity contribution in [1.29, 1.82) is 0 Å². The fourth-order valence-electron chi connectivity index (χ4n) is 4.11. The van der Waals surface area contributed by atoms with Crippen LogP contribution in [0, 0.1) is 0 Å². The number of rotatable bonds is 8. The molecule has 2 aliphatic rings. The van der Waals surface area contributed by atoms with E-state index in [-0.39, 0.29) is 17.6 Å². The maximum Gasteiger partial charge on any atom is 0.261 e. The zero-order chi connectivity index (χ0) is 22.3. The predicted molar refractivity (Wildman–Crippen MR) is 123 cm³/mol. The van der Waals surface area contributed by atoms with Gasteiger partial charge >= 0.3 is 0 Å². The van der Waals surface area contributed by atoms with Crippen LogP contribution in [0.4, 0.5) is 11.9 Å². The van der Waals surface area contributed by atoms with Gasteiger partial charge in [0.25, 0.3) is 5.56 Å². The molecule has 2 aromatic heterocycles. The van der Waals surface area contributed by atoms with E-state index in [1.54, 1.807) is 6.07 Å². The summed E-state index contributed by atoms with van der Waals surface area (Å²) in [5.41, 5.74) is 6.08. The van der Waals surface area contributed by atoms with Gasteiger partial charge in [-0.15, -0.1) is 0 Å². The smallest absolute Gasteiger partial charge is 0.261 e. The average molecular weight is 444 g/mol. The second-order valence-corrected chi connectivity index (χ2v) is 8.37. The Morgan fingerprint density at radius 1 is 1.19 bits per heavy atom. The first kappa shape index (κ1) is 22.5. The van der Waals surface area contributed by atoms with Crippen LogP contribution < -0.4 is 20.9 Å². The molecule has 0 aliphatic carbocycles. The first-order valence-electron chi connectivity index (χ1n) is 11.6. The van der Waals surface area contributed by atoms with E-state index in [4.69, 9.17) is 15.2 Å². The van der Waals surface area contributed by atoms with Crippen LogP contribution in [0.2, 0.25) is 0 Å². The van der Waals surface area contributed by atoms with Gasteiger partial charge in [0, 0.05) is 38.4 Å². The van der Waals surface area contributed by atoms with Crippen molar-refractivity contribution in [3.63, 3.8) is 0 Å². The van der Waals surface area contributed by atoms with E-state index < -0.39 is 0 Å². The zero-order valence-corrected chi connectivity index (χ0v) is 18.8. The molecule has 0 unspecified atom stereocenters. The number of H-pyrrole nitrogens is 1. The molecule has 0 aromatic carbocycles. The van der Waals surface area contributed by atoms with Crippen molar-refractivity contribution < 1.29 is 9.47 Å². The standard InChI is InChI=1S/C22H33N7O3/c1-2-3-4-7-28-8-5-16(6-9-28)32-19-14-18(17-15-24-21(23)27-20(17)30)25-22(26-19)29-10-12-31-13-11-29/h14-16H,2-13H2,1H3,(H3,23,24,27,30). The van der Waals surface area contributed by atoms with Crippen LogP contribution in [0.5, 0.6) is 5.88 Å². The molecule has 2 saturated heterocycles. The van der Waals surface area contributed by atoms with E-state index >= 15 is 0 Å². The number of nitrogens with two attached hydrogens (primary N) is 1. The zero-order valence-electron chi connectivity index (χ0n) is 18.8. The monoisotopic (exact) mass is 443 g/mol. The maximum atomic E-state index is 12.5. The minimum absolute atomic E-state index is 0.0726. The van der Waals surface area contributed by atoms with Crippen LogP contribution in [0.1, 0.15) is 39.0 Å². The molecule has 4 heterocycles. The van der Waals surface area contributed by atoms with Gasteiger partial charge in [0.2, 0.25) is 11.8 Å². The first-order chi connectivity index (χ1) is 15.6. The topological polar surface area (TPSA) is 122 Å². The fraction of sp³-hybridized carbons (Fsp3) is 0.636. The third kappa shape index (κ3) is 5.74. The lowest BCUT2D eigenvalue weighted by molar-refractivity contribution is 0.0956. The molecule has 2 aromatic rings. The maximum absolute atomic E-state index is 12.5. The average Bonchev–Trinajstić information content (AvgIpc) is 2.81. The van der Waals surface area contributed by atoms with E-state index in [1.807, 2.05) is 0 Å². The Bertz CT molecular complexity index is 937. The number of nitrogen functional groups attached to an aromatic ring is 1. The summed E-state index contributed by atoms with van der Waals surface area (Å²) in [7, 11) is 0. The highest BCUT2D eigenvalue weighted by Crippen LogP contribution is 2.25. The summed E-state index contributed by atoms with van der Waals surface area (Å²) < 4.78 is 11.7. The Hall–Kier alpha value is -2.72. The van der Waals surface area contributed by atoms with E-state index in [0.717, 1.165) is 32.5 Å². The first-order valence-corrected chi connectivity index (χ1v) is 11.6. The van der Waals surface area contributed by atoms with Gasteiger partial charge in [0.15, 0.2) is 5.95 Å². The molecule has 2 fully saturated rings. The SMILES string of the molecule is CCCCCN1CCC(Oc2cc(-c3cnc(N)[nH]c3=O)nc(N3CCOCC3)n2)CC1. The molecule has 0 bridgehead atoms. The summed E-state index contributed by atoms with van der Waals surface area (Å²) in [5, 5.41) is 0. The number of aromatic nitrogens is 4. The Kier molecular flexibility index (Phi) is 7.54. The number of piperidine rings is 1. The van der Waals surface area contributed by atoms with E-state index in [1.165, 1.54) is 25.5 Å². The second-order valence-electron chi connectivity index (χ2n) is 8.37. The van der Waals surface area contributed by atoms with Crippen molar-refractivity contribution in [2.75, 3.05) is 56.6 Å². The normalized spacial score (nSPS) is 18.1. The summed E-state index contributed by atoms with van der Waals surface area (Å²) in [5.74, 6) is 1.09. The molecule has 2 aliphatic heterocycles. The summed E-state index contributed by atoms with van der Waals surface area (Å²) in [4.78, 5) is 32.9. The number of anilines is 2. The minimum Gasteiger partial charge on any atom is -0.474 e. The van der Waals surface area contributed by atoms with Crippen LogP contribution in [-0.2, 0) is 4.74 Å². The highest BCUT2D eigenvalue weighted by molar-refractivity contribution is 5.60. The van der Waals surface area contributed by atoms with Gasteiger partial charge in [-0.25, -0.2) is 9.97 Å². The number of hydrogen-bond acceptors (Lipinski definition) is 9. The third-order valence-corrected chi connectivity index (χ3v) is 5.98. The number of likely N-dealkylation sites (tertiary alicyclic amines) is 1. The van der Waals surface area contributed by atoms with Crippen molar-refractivity contribution >= 4 is 11.9 Å². The van der Waals surface area contributed by atoms with Crippen molar-refractivity contribution in [3.05, 3.63) is 22.6 Å². The largest absolute Gasteiger partial charge is 0.474 e. The second kappa shape index (κ2) is 10.7. The van der Waals surface area contributed by atoms with E-state index in [2.05, 4.69) is 36.7 Å². The van der Waals surface area contributed by atoms with Gasteiger partial charge in [-0.1, -0.05) is 19.8 Å². The van der Waals surface area contributed by atoms with Crippen LogP contribution in [0.15, 0.2) is 17.1 Å².